The lowest BCUT2D eigenvalue weighted by Crippen LogP contribution is -2.30. The zero-order chi connectivity index (χ0) is 27.7. The summed E-state index contributed by atoms with van der Waals surface area (Å²) in [5.74, 6) is 0.488. The molecule has 0 radical (unpaired) electrons. The third-order valence-corrected chi connectivity index (χ3v) is 7.67. The zero-order valence-electron chi connectivity index (χ0n) is 21.8. The van der Waals surface area contributed by atoms with Crippen LogP contribution in [0.5, 0.6) is 11.6 Å². The van der Waals surface area contributed by atoms with Crippen molar-refractivity contribution in [2.24, 2.45) is 17.3 Å². The number of aromatic nitrogens is 2. The fourth-order valence-corrected chi connectivity index (χ4v) is 4.91. The van der Waals surface area contributed by atoms with Gasteiger partial charge in [-0.15, -0.1) is 0 Å². The minimum atomic E-state index is -4.21. The van der Waals surface area contributed by atoms with Crippen LogP contribution in [0.2, 0.25) is 0 Å². The first-order valence-corrected chi connectivity index (χ1v) is 13.8. The van der Waals surface area contributed by atoms with Crippen molar-refractivity contribution in [2.45, 2.75) is 45.4 Å². The molecule has 38 heavy (non-hydrogen) atoms. The second-order valence-electron chi connectivity index (χ2n) is 10.6. The molecule has 0 spiro atoms. The molecule has 2 heterocycles. The predicted octanol–water partition coefficient (Wildman–Crippen LogP) is 4.29. The van der Waals surface area contributed by atoms with Crippen LogP contribution in [0.3, 0.4) is 0 Å². The molecule has 1 aliphatic carbocycles. The maximum absolute atomic E-state index is 14.4. The van der Waals surface area contributed by atoms with Gasteiger partial charge < -0.3 is 20.3 Å². The normalized spacial score (nSPS) is 17.3. The molecule has 2 unspecified atom stereocenters. The van der Waals surface area contributed by atoms with Gasteiger partial charge in [0.2, 0.25) is 5.88 Å². The number of nitrogens with one attached hydrogen (secondary N) is 1. The van der Waals surface area contributed by atoms with E-state index >= 15 is 0 Å². The second kappa shape index (κ2) is 10.8. The summed E-state index contributed by atoms with van der Waals surface area (Å²) >= 11 is 0. The van der Waals surface area contributed by atoms with Crippen LogP contribution in [0.25, 0.3) is 11.3 Å². The van der Waals surface area contributed by atoms with Crippen molar-refractivity contribution in [3.8, 4) is 22.9 Å². The van der Waals surface area contributed by atoms with Gasteiger partial charge in [-0.25, -0.2) is 22.8 Å². The third-order valence-electron chi connectivity index (χ3n) is 6.36. The number of rotatable bonds is 11. The lowest BCUT2D eigenvalue weighted by Gasteiger charge is -2.18. The molecule has 11 heteroatoms. The highest BCUT2D eigenvalue weighted by Gasteiger charge is 2.46. The summed E-state index contributed by atoms with van der Waals surface area (Å²) in [5.41, 5.74) is 6.67. The molecule has 0 saturated heterocycles. The van der Waals surface area contributed by atoms with E-state index in [9.17, 15) is 17.9 Å². The van der Waals surface area contributed by atoms with Gasteiger partial charge in [0.05, 0.1) is 24.5 Å². The first-order valence-electron chi connectivity index (χ1n) is 12.3. The van der Waals surface area contributed by atoms with Gasteiger partial charge in [-0.1, -0.05) is 33.8 Å². The Kier molecular flexibility index (Phi) is 7.91. The lowest BCUT2D eigenvalue weighted by atomic mass is 10.1. The SMILES string of the molecule is CC(C)COc1cc(F)cc(-c2ccc(C(O)NS(=O)(=O)c3cccc(N)n3)c(OCC3CC3(C)C)n2)c1. The van der Waals surface area contributed by atoms with E-state index in [0.717, 1.165) is 6.42 Å². The van der Waals surface area contributed by atoms with E-state index in [2.05, 4.69) is 28.5 Å². The number of nitrogens with zero attached hydrogens (tertiary/aromatic N) is 2. The molecule has 9 nitrogen and oxygen atoms in total. The summed E-state index contributed by atoms with van der Waals surface area (Å²) in [5, 5.41) is 10.5. The van der Waals surface area contributed by atoms with Crippen LogP contribution in [0.4, 0.5) is 10.2 Å². The summed E-state index contributed by atoms with van der Waals surface area (Å²) in [4.78, 5) is 8.35. The molecule has 0 bridgehead atoms. The molecular formula is C27H33FN4O5S. The molecule has 2 aromatic heterocycles. The van der Waals surface area contributed by atoms with Crippen LogP contribution >= 0.6 is 0 Å². The van der Waals surface area contributed by atoms with Crippen molar-refractivity contribution >= 4 is 15.8 Å². The van der Waals surface area contributed by atoms with E-state index < -0.39 is 22.1 Å². The molecule has 0 amide bonds. The van der Waals surface area contributed by atoms with Crippen molar-refractivity contribution in [3.63, 3.8) is 0 Å². The number of nitrogens with two attached hydrogens (primary N) is 1. The maximum Gasteiger partial charge on any atom is 0.260 e. The molecule has 204 valence electrons. The van der Waals surface area contributed by atoms with Crippen LogP contribution in [-0.2, 0) is 10.0 Å². The Bertz CT molecular complexity index is 1410. The first-order chi connectivity index (χ1) is 17.8. The summed E-state index contributed by atoms with van der Waals surface area (Å²) in [6.45, 7) is 8.99. The van der Waals surface area contributed by atoms with Crippen LogP contribution in [0.15, 0.2) is 53.6 Å². The maximum atomic E-state index is 14.4. The number of sulfonamides is 1. The number of ether oxygens (including phenoxy) is 2. The smallest absolute Gasteiger partial charge is 0.260 e. The fraction of sp³-hybridized carbons (Fsp3) is 0.407. The Morgan fingerprint density at radius 1 is 1.16 bits per heavy atom. The molecule has 1 fully saturated rings. The van der Waals surface area contributed by atoms with Crippen molar-refractivity contribution in [2.75, 3.05) is 18.9 Å². The molecule has 2 atom stereocenters. The third kappa shape index (κ3) is 6.77. The van der Waals surface area contributed by atoms with Crippen LogP contribution in [0.1, 0.15) is 45.9 Å². The van der Waals surface area contributed by atoms with Gasteiger partial charge in [0.25, 0.3) is 10.0 Å². The molecule has 4 N–H and O–H groups in total. The zero-order valence-corrected chi connectivity index (χ0v) is 22.6. The topological polar surface area (TPSA) is 137 Å². The number of benzene rings is 1. The van der Waals surface area contributed by atoms with Crippen molar-refractivity contribution in [1.82, 2.24) is 14.7 Å². The van der Waals surface area contributed by atoms with Gasteiger partial charge in [0.1, 0.15) is 23.6 Å². The minimum absolute atomic E-state index is 0.0243. The number of aliphatic hydroxyl groups excluding tert-OH is 1. The minimum Gasteiger partial charge on any atom is -0.493 e. The van der Waals surface area contributed by atoms with Crippen molar-refractivity contribution in [3.05, 3.63) is 59.9 Å². The van der Waals surface area contributed by atoms with Crippen LogP contribution in [0, 0.1) is 23.1 Å². The standard InChI is InChI=1S/C27H33FN4O5S/c1-16(2)14-36-20-11-17(10-19(28)12-20)22-9-8-21(26(30-22)37-15-18-13-27(18,3)4)25(33)32-38(34,35)24-7-5-6-23(29)31-24/h5-12,16,18,25,32-33H,13-15H2,1-4H3,(H2,29,31). The predicted molar refractivity (Wildman–Crippen MR) is 141 cm³/mol. The van der Waals surface area contributed by atoms with Gasteiger partial charge >= 0.3 is 0 Å². The first kappa shape index (κ1) is 27.7. The van der Waals surface area contributed by atoms with Crippen LogP contribution < -0.4 is 19.9 Å². The summed E-state index contributed by atoms with van der Waals surface area (Å²) in [7, 11) is -4.21. The van der Waals surface area contributed by atoms with E-state index in [1.54, 1.807) is 12.1 Å². The molecule has 3 aromatic rings. The Morgan fingerprint density at radius 3 is 2.55 bits per heavy atom. The number of halogens is 1. The Morgan fingerprint density at radius 2 is 1.89 bits per heavy atom. The van der Waals surface area contributed by atoms with Crippen molar-refractivity contribution < 1.29 is 27.4 Å². The molecule has 1 saturated carbocycles. The highest BCUT2D eigenvalue weighted by molar-refractivity contribution is 7.89. The Balaban J connectivity index is 1.64. The monoisotopic (exact) mass is 544 g/mol. The quantitative estimate of drug-likeness (QED) is 0.304. The number of hydrogen-bond acceptors (Lipinski definition) is 8. The highest BCUT2D eigenvalue weighted by Crippen LogP contribution is 2.51. The summed E-state index contributed by atoms with van der Waals surface area (Å²) in [6, 6.07) is 11.5. The lowest BCUT2D eigenvalue weighted by molar-refractivity contribution is 0.157. The van der Waals surface area contributed by atoms with E-state index in [-0.39, 0.29) is 39.5 Å². The van der Waals surface area contributed by atoms with E-state index in [1.807, 2.05) is 13.8 Å². The average Bonchev–Trinajstić information content (AvgIpc) is 3.46. The average molecular weight is 545 g/mol. The van der Waals surface area contributed by atoms with Crippen molar-refractivity contribution in [1.29, 1.82) is 0 Å². The molecule has 1 aromatic carbocycles. The second-order valence-corrected chi connectivity index (χ2v) is 12.3. The van der Waals surface area contributed by atoms with Crippen LogP contribution in [-0.4, -0.2) is 36.7 Å². The number of anilines is 1. The molecule has 0 aliphatic heterocycles. The Hall–Kier alpha value is -3.28. The fourth-order valence-electron chi connectivity index (χ4n) is 3.88. The summed E-state index contributed by atoms with van der Waals surface area (Å²) < 4.78 is 53.9. The van der Waals surface area contributed by atoms with Gasteiger partial charge in [0.15, 0.2) is 5.03 Å². The number of aliphatic hydroxyl groups is 1. The Labute approximate surface area is 222 Å². The van der Waals surface area contributed by atoms with Gasteiger partial charge in [-0.05, 0) is 60.1 Å². The molecule has 1 aliphatic rings. The highest BCUT2D eigenvalue weighted by atomic mass is 32.2. The molecular weight excluding hydrogens is 511 g/mol. The van der Waals surface area contributed by atoms with Gasteiger partial charge in [-0.2, -0.15) is 4.72 Å². The van der Waals surface area contributed by atoms with E-state index in [0.29, 0.717) is 30.2 Å². The largest absolute Gasteiger partial charge is 0.493 e. The number of nitrogen functional groups attached to an aromatic ring is 1. The van der Waals surface area contributed by atoms with E-state index in [1.165, 1.54) is 36.4 Å². The molecule has 4 rings (SSSR count). The van der Waals surface area contributed by atoms with Gasteiger partial charge in [0, 0.05) is 11.6 Å². The van der Waals surface area contributed by atoms with Gasteiger partial charge in [-0.3, -0.25) is 0 Å². The number of hydrogen-bond donors (Lipinski definition) is 3. The van der Waals surface area contributed by atoms with E-state index in [4.69, 9.17) is 15.2 Å². The summed E-state index contributed by atoms with van der Waals surface area (Å²) in [6.07, 6.45) is -0.719. The number of pyridine rings is 2.